The molecule has 1 aliphatic rings. The highest BCUT2D eigenvalue weighted by molar-refractivity contribution is 7.12. The Morgan fingerprint density at radius 2 is 1.93 bits per heavy atom. The van der Waals surface area contributed by atoms with Gasteiger partial charge in [0.15, 0.2) is 0 Å². The predicted molar refractivity (Wildman–Crippen MR) is 108 cm³/mol. The number of amides is 2. The molecular formula is C21H27N3O2S. The van der Waals surface area contributed by atoms with Gasteiger partial charge in [0.1, 0.15) is 0 Å². The molecule has 2 amide bonds. The topological polar surface area (TPSA) is 53.5 Å². The molecule has 0 bridgehead atoms. The number of rotatable bonds is 4. The van der Waals surface area contributed by atoms with E-state index in [0.29, 0.717) is 18.7 Å². The van der Waals surface area contributed by atoms with Gasteiger partial charge in [0.25, 0.3) is 11.8 Å². The lowest BCUT2D eigenvalue weighted by atomic mass is 9.89. The molecular weight excluding hydrogens is 358 g/mol. The molecule has 0 N–H and O–H groups in total. The molecule has 1 aliphatic heterocycles. The van der Waals surface area contributed by atoms with E-state index in [1.165, 1.54) is 11.3 Å². The van der Waals surface area contributed by atoms with Gasteiger partial charge in [-0.1, -0.05) is 6.07 Å². The van der Waals surface area contributed by atoms with Crippen LogP contribution in [-0.4, -0.2) is 52.8 Å². The van der Waals surface area contributed by atoms with Gasteiger partial charge in [-0.25, -0.2) is 0 Å². The molecule has 5 nitrogen and oxygen atoms in total. The van der Waals surface area contributed by atoms with Crippen molar-refractivity contribution in [2.75, 3.05) is 20.1 Å². The van der Waals surface area contributed by atoms with E-state index in [2.05, 4.69) is 0 Å². The van der Waals surface area contributed by atoms with Crippen molar-refractivity contribution in [3.8, 4) is 0 Å². The maximum atomic E-state index is 12.9. The van der Waals surface area contributed by atoms with Gasteiger partial charge in [0.05, 0.1) is 16.1 Å². The van der Waals surface area contributed by atoms with Crippen LogP contribution in [0.4, 0.5) is 0 Å². The number of pyridine rings is 1. The van der Waals surface area contributed by atoms with E-state index in [1.807, 2.05) is 62.4 Å². The molecule has 0 atom stereocenters. The minimum Gasteiger partial charge on any atom is -0.339 e. The van der Waals surface area contributed by atoms with Gasteiger partial charge in [0.2, 0.25) is 0 Å². The number of aryl methyl sites for hydroxylation is 1. The van der Waals surface area contributed by atoms with Gasteiger partial charge in [-0.15, -0.1) is 11.3 Å². The summed E-state index contributed by atoms with van der Waals surface area (Å²) in [6.45, 7) is 7.37. The Labute approximate surface area is 165 Å². The van der Waals surface area contributed by atoms with Crippen LogP contribution in [0.3, 0.4) is 0 Å². The molecule has 0 aliphatic carbocycles. The minimum absolute atomic E-state index is 0.0181. The molecule has 0 radical (unpaired) electrons. The first-order chi connectivity index (χ1) is 12.9. The van der Waals surface area contributed by atoms with E-state index >= 15 is 0 Å². The summed E-state index contributed by atoms with van der Waals surface area (Å²) in [5.74, 6) is 0.331. The molecule has 0 unspecified atom stereocenters. The van der Waals surface area contributed by atoms with E-state index in [0.717, 1.165) is 29.1 Å². The molecule has 1 fully saturated rings. The lowest BCUT2D eigenvalue weighted by molar-refractivity contribution is 0.0707. The predicted octanol–water partition coefficient (Wildman–Crippen LogP) is 3.95. The summed E-state index contributed by atoms with van der Waals surface area (Å²) in [6, 6.07) is 7.73. The average Bonchev–Trinajstić information content (AvgIpc) is 3.21. The van der Waals surface area contributed by atoms with E-state index in [9.17, 15) is 9.59 Å². The Morgan fingerprint density at radius 3 is 2.52 bits per heavy atom. The zero-order valence-corrected chi connectivity index (χ0v) is 17.3. The maximum Gasteiger partial charge on any atom is 0.263 e. The average molecular weight is 386 g/mol. The molecule has 0 saturated carbocycles. The Morgan fingerprint density at radius 1 is 1.22 bits per heavy atom. The molecule has 3 rings (SSSR count). The smallest absolute Gasteiger partial charge is 0.263 e. The summed E-state index contributed by atoms with van der Waals surface area (Å²) in [7, 11) is 1.83. The van der Waals surface area contributed by atoms with Gasteiger partial charge in [-0.3, -0.25) is 14.6 Å². The van der Waals surface area contributed by atoms with Crippen molar-refractivity contribution in [2.24, 2.45) is 0 Å². The number of hydrogen-bond acceptors (Lipinski definition) is 4. The number of carbonyl (C=O) groups excluding carboxylic acids is 2. The molecule has 0 aromatic carbocycles. The summed E-state index contributed by atoms with van der Waals surface area (Å²) in [4.78, 5) is 34.7. The van der Waals surface area contributed by atoms with Gasteiger partial charge >= 0.3 is 0 Å². The lowest BCUT2D eigenvalue weighted by Crippen LogP contribution is -2.38. The Balaban J connectivity index is 1.77. The minimum atomic E-state index is 0.0181. The molecule has 3 heterocycles. The number of carbonyl (C=O) groups is 2. The highest BCUT2D eigenvalue weighted by Crippen LogP contribution is 2.31. The number of likely N-dealkylation sites (tertiary alicyclic amines) is 1. The second-order valence-electron chi connectivity index (χ2n) is 7.44. The van der Waals surface area contributed by atoms with Crippen molar-refractivity contribution in [1.82, 2.24) is 14.8 Å². The monoisotopic (exact) mass is 385 g/mol. The van der Waals surface area contributed by atoms with Gasteiger partial charge < -0.3 is 9.80 Å². The third-order valence-corrected chi connectivity index (χ3v) is 6.15. The van der Waals surface area contributed by atoms with Gasteiger partial charge in [-0.2, -0.15) is 0 Å². The summed E-state index contributed by atoms with van der Waals surface area (Å²) in [5.41, 5.74) is 2.50. The third-order valence-electron chi connectivity index (χ3n) is 5.29. The number of hydrogen-bond donors (Lipinski definition) is 0. The first kappa shape index (κ1) is 19.5. The quantitative estimate of drug-likeness (QED) is 0.801. The third kappa shape index (κ3) is 4.21. The first-order valence-corrected chi connectivity index (χ1v) is 10.3. The van der Waals surface area contributed by atoms with Crippen LogP contribution in [0.25, 0.3) is 0 Å². The van der Waals surface area contributed by atoms with Crippen LogP contribution in [0.15, 0.2) is 29.6 Å². The number of thiophene rings is 1. The SMILES string of the molecule is Cc1ccc(C(=O)N(C)C(C)C)c(C2CCN(C(=O)c3cccs3)CC2)n1. The normalized spacial score (nSPS) is 15.2. The van der Waals surface area contributed by atoms with E-state index in [-0.39, 0.29) is 23.8 Å². The molecule has 0 spiro atoms. The van der Waals surface area contributed by atoms with Crippen molar-refractivity contribution in [2.45, 2.75) is 45.6 Å². The van der Waals surface area contributed by atoms with Crippen molar-refractivity contribution >= 4 is 23.2 Å². The van der Waals surface area contributed by atoms with E-state index in [1.54, 1.807) is 4.90 Å². The first-order valence-electron chi connectivity index (χ1n) is 9.46. The molecule has 144 valence electrons. The number of nitrogens with zero attached hydrogens (tertiary/aromatic N) is 3. The zero-order valence-electron chi connectivity index (χ0n) is 16.4. The fourth-order valence-corrected chi connectivity index (χ4v) is 4.10. The molecule has 1 saturated heterocycles. The van der Waals surface area contributed by atoms with Crippen molar-refractivity contribution < 1.29 is 9.59 Å². The summed E-state index contributed by atoms with van der Waals surface area (Å²) in [5, 5.41) is 1.93. The summed E-state index contributed by atoms with van der Waals surface area (Å²) < 4.78 is 0. The zero-order chi connectivity index (χ0) is 19.6. The Bertz CT molecular complexity index is 809. The van der Waals surface area contributed by atoms with Crippen molar-refractivity contribution in [3.05, 3.63) is 51.5 Å². The number of piperidine rings is 1. The lowest BCUT2D eigenvalue weighted by Gasteiger charge is -2.32. The Hall–Kier alpha value is -2.21. The van der Waals surface area contributed by atoms with Crippen LogP contribution >= 0.6 is 11.3 Å². The largest absolute Gasteiger partial charge is 0.339 e. The van der Waals surface area contributed by atoms with E-state index < -0.39 is 0 Å². The van der Waals surface area contributed by atoms with Gasteiger partial charge in [-0.05, 0) is 57.2 Å². The summed E-state index contributed by atoms with van der Waals surface area (Å²) >= 11 is 1.48. The van der Waals surface area contributed by atoms with Crippen LogP contribution in [0.1, 0.15) is 64.0 Å². The van der Waals surface area contributed by atoms with Crippen LogP contribution < -0.4 is 0 Å². The van der Waals surface area contributed by atoms with Crippen molar-refractivity contribution in [1.29, 1.82) is 0 Å². The van der Waals surface area contributed by atoms with E-state index in [4.69, 9.17) is 4.98 Å². The summed E-state index contributed by atoms with van der Waals surface area (Å²) in [6.07, 6.45) is 1.67. The molecule has 2 aromatic rings. The van der Waals surface area contributed by atoms with Gasteiger partial charge in [0, 0.05) is 37.8 Å². The second-order valence-corrected chi connectivity index (χ2v) is 8.39. The molecule has 27 heavy (non-hydrogen) atoms. The fraction of sp³-hybridized carbons (Fsp3) is 0.476. The highest BCUT2D eigenvalue weighted by Gasteiger charge is 2.29. The fourth-order valence-electron chi connectivity index (χ4n) is 3.41. The van der Waals surface area contributed by atoms with Crippen LogP contribution in [0, 0.1) is 6.92 Å². The highest BCUT2D eigenvalue weighted by atomic mass is 32.1. The maximum absolute atomic E-state index is 12.9. The van der Waals surface area contributed by atoms with Crippen molar-refractivity contribution in [3.63, 3.8) is 0 Å². The number of aromatic nitrogens is 1. The molecule has 6 heteroatoms. The second kappa shape index (κ2) is 8.21. The van der Waals surface area contributed by atoms with Crippen LogP contribution in [0.2, 0.25) is 0 Å². The standard InChI is InChI=1S/C21H27N3O2S/c1-14(2)23(4)20(25)17-8-7-15(3)22-19(17)16-9-11-24(12-10-16)21(26)18-6-5-13-27-18/h5-8,13-14,16H,9-12H2,1-4H3. The van der Waals surface area contributed by atoms with Crippen LogP contribution in [-0.2, 0) is 0 Å². The Kier molecular flexibility index (Phi) is 5.95. The van der Waals surface area contributed by atoms with Crippen LogP contribution in [0.5, 0.6) is 0 Å². The molecule has 2 aromatic heterocycles.